The normalized spacial score (nSPS) is 0. The Morgan fingerprint density at radius 1 is 0.500 bits per heavy atom. The van der Waals surface area contributed by atoms with E-state index < -0.39 is 0 Å². The molecule has 0 aromatic carbocycles. The Labute approximate surface area is 88.6 Å². The summed E-state index contributed by atoms with van der Waals surface area (Å²) in [5, 5.41) is 0. The summed E-state index contributed by atoms with van der Waals surface area (Å²) >= 11 is 0. The molecule has 0 rings (SSSR count). The van der Waals surface area contributed by atoms with Crippen LogP contribution in [0.15, 0.2) is 0 Å². The second kappa shape index (κ2) is 54.0. The predicted octanol–water partition coefficient (Wildman–Crippen LogP) is -1.12. The molecule has 0 aromatic rings. The summed E-state index contributed by atoms with van der Waals surface area (Å²) in [6.07, 6.45) is 0. The summed E-state index contributed by atoms with van der Waals surface area (Å²) in [6, 6.07) is 0. The van der Waals surface area contributed by atoms with Crippen LogP contribution in [0.25, 0.3) is 0 Å². The minimum absolute atomic E-state index is 0. The van der Waals surface area contributed by atoms with Gasteiger partial charge in [0.2, 0.25) is 0 Å². The largest absolute Gasteiger partial charge is 2.00 e. The molecule has 0 amide bonds. The van der Waals surface area contributed by atoms with Gasteiger partial charge in [-0.1, -0.05) is 0 Å². The van der Waals surface area contributed by atoms with Crippen molar-refractivity contribution in [3.63, 3.8) is 0 Å². The maximum absolute atomic E-state index is 0. The Morgan fingerprint density at radius 3 is 0.500 bits per heavy atom. The number of hydrogen-bond acceptors (Lipinski definition) is 0. The summed E-state index contributed by atoms with van der Waals surface area (Å²) in [7, 11) is 0. The van der Waals surface area contributed by atoms with Crippen molar-refractivity contribution in [1.82, 2.24) is 0 Å². The molecule has 0 aliphatic rings. The third-order valence-corrected chi connectivity index (χ3v) is 0. The van der Waals surface area contributed by atoms with E-state index in [0.29, 0.717) is 0 Å². The summed E-state index contributed by atoms with van der Waals surface area (Å²) in [5.74, 6) is 0. The molecule has 6 heteroatoms. The van der Waals surface area contributed by atoms with Crippen molar-refractivity contribution in [1.29, 1.82) is 0 Å². The zero-order valence-corrected chi connectivity index (χ0v) is 10.2. The maximum Gasteiger partial charge on any atom is 2.00 e. The second-order valence-electron chi connectivity index (χ2n) is 0. The van der Waals surface area contributed by atoms with Crippen LogP contribution in [0.3, 0.4) is 0 Å². The van der Waals surface area contributed by atoms with Crippen molar-refractivity contribution in [2.75, 3.05) is 0 Å². The van der Waals surface area contributed by atoms with E-state index in [1.54, 1.807) is 0 Å². The van der Waals surface area contributed by atoms with Crippen LogP contribution in [0.1, 0.15) is 0 Å². The van der Waals surface area contributed by atoms with Crippen LogP contribution in [0, 0.1) is 0 Å². The molecule has 0 saturated carbocycles. The van der Waals surface area contributed by atoms with E-state index in [-0.39, 0.29) is 89.8 Å². The van der Waals surface area contributed by atoms with Gasteiger partial charge in [0.05, 0.1) is 0 Å². The van der Waals surface area contributed by atoms with Crippen LogP contribution in [0.5, 0.6) is 0 Å². The molecule has 0 aliphatic carbocycles. The topological polar surface area (TPSA) is 85.5 Å². The van der Waals surface area contributed by atoms with Crippen LogP contribution in [0.2, 0.25) is 0 Å². The smallest absolute Gasteiger partial charge is 2.00 e. The van der Waals surface area contributed by atoms with Gasteiger partial charge in [-0.05, 0) is 0 Å². The Balaban J connectivity index is 0. The van der Waals surface area contributed by atoms with Crippen molar-refractivity contribution < 1.29 is 43.7 Å². The van der Waals surface area contributed by atoms with E-state index in [9.17, 15) is 0 Å². The fourth-order valence-corrected chi connectivity index (χ4v) is 0. The SMILES string of the molecule is [Cd+2].[Mg+2].[Mg+2].[O-2].[O-2].[O-2]. The van der Waals surface area contributed by atoms with E-state index in [1.807, 2.05) is 0 Å². The van der Waals surface area contributed by atoms with Crippen LogP contribution >= 0.6 is 0 Å². The Morgan fingerprint density at radius 2 is 0.500 bits per heavy atom. The summed E-state index contributed by atoms with van der Waals surface area (Å²) in [6.45, 7) is 0. The van der Waals surface area contributed by atoms with Crippen molar-refractivity contribution in [2.45, 2.75) is 0 Å². The number of rotatable bonds is 0. The molecule has 0 bridgehead atoms. The quantitative estimate of drug-likeness (QED) is 0.452. The zero-order chi connectivity index (χ0) is 0. The molecule has 0 atom stereocenters. The van der Waals surface area contributed by atoms with Gasteiger partial charge in [0.1, 0.15) is 0 Å². The van der Waals surface area contributed by atoms with Crippen molar-refractivity contribution in [3.8, 4) is 0 Å². The molecule has 3 nitrogen and oxygen atoms in total. The Bertz CT molecular complexity index is 8.75. The van der Waals surface area contributed by atoms with Gasteiger partial charge in [0.15, 0.2) is 0 Å². The minimum Gasteiger partial charge on any atom is -2.00 e. The molecule has 0 radical (unpaired) electrons. The van der Waals surface area contributed by atoms with Gasteiger partial charge >= 0.3 is 73.4 Å². The third kappa shape index (κ3) is 33.1. The van der Waals surface area contributed by atoms with Gasteiger partial charge in [-0.3, -0.25) is 0 Å². The molecule has 0 saturated heterocycles. The first kappa shape index (κ1) is 82.3. The summed E-state index contributed by atoms with van der Waals surface area (Å²) in [4.78, 5) is 0. The molecule has 0 heterocycles. The molecule has 6 heavy (non-hydrogen) atoms. The van der Waals surface area contributed by atoms with Gasteiger partial charge in [-0.25, -0.2) is 0 Å². The van der Waals surface area contributed by atoms with Crippen molar-refractivity contribution in [2.24, 2.45) is 0 Å². The summed E-state index contributed by atoms with van der Waals surface area (Å²) in [5.41, 5.74) is 0. The molecule has 0 aromatic heterocycles. The standard InChI is InChI=1S/Cd.2Mg.3O/q3*+2;3*-2. The Hall–Kier alpha value is 2.33. The maximum atomic E-state index is 0. The van der Waals surface area contributed by atoms with E-state index in [4.69, 9.17) is 0 Å². The van der Waals surface area contributed by atoms with Crippen LogP contribution in [-0.2, 0) is 43.7 Å². The van der Waals surface area contributed by atoms with E-state index in [2.05, 4.69) is 0 Å². The second-order valence-corrected chi connectivity index (χ2v) is 0. The molecule has 24 valence electrons. The summed E-state index contributed by atoms with van der Waals surface area (Å²) < 4.78 is 0. The van der Waals surface area contributed by atoms with Crippen molar-refractivity contribution >= 4 is 46.1 Å². The van der Waals surface area contributed by atoms with E-state index in [1.165, 1.54) is 0 Å². The molecule has 0 fully saturated rings. The minimum atomic E-state index is 0. The van der Waals surface area contributed by atoms with Gasteiger partial charge < -0.3 is 16.4 Å². The monoisotopic (exact) mass is 210 g/mol. The predicted molar refractivity (Wildman–Crippen MR) is 13.6 cm³/mol. The molecular weight excluding hydrogens is 209 g/mol. The molecule has 0 spiro atoms. The first-order valence-electron chi connectivity index (χ1n) is 0. The van der Waals surface area contributed by atoms with Gasteiger partial charge in [-0.2, -0.15) is 0 Å². The molecule has 0 unspecified atom stereocenters. The molecule has 0 aliphatic heterocycles. The average molecular weight is 209 g/mol. The van der Waals surface area contributed by atoms with Gasteiger partial charge in [-0.15, -0.1) is 0 Å². The third-order valence-electron chi connectivity index (χ3n) is 0. The van der Waals surface area contributed by atoms with Crippen molar-refractivity contribution in [3.05, 3.63) is 0 Å². The van der Waals surface area contributed by atoms with E-state index >= 15 is 0 Å². The van der Waals surface area contributed by atoms with Gasteiger partial charge in [0.25, 0.3) is 0 Å². The van der Waals surface area contributed by atoms with E-state index in [0.717, 1.165) is 0 Å². The zero-order valence-electron chi connectivity index (χ0n) is 3.35. The molecule has 0 N–H and O–H groups in total. The first-order chi connectivity index (χ1) is 0. The van der Waals surface area contributed by atoms with Crippen LogP contribution in [0.4, 0.5) is 0 Å². The average Bonchev–Trinajstić information content (AvgIpc) is 0. The van der Waals surface area contributed by atoms with Gasteiger partial charge in [0, 0.05) is 0 Å². The fourth-order valence-electron chi connectivity index (χ4n) is 0. The number of hydrogen-bond donors (Lipinski definition) is 0. The molecular formula is CdMg2O3. The van der Waals surface area contributed by atoms with Crippen LogP contribution < -0.4 is 0 Å². The first-order valence-corrected chi connectivity index (χ1v) is 0. The van der Waals surface area contributed by atoms with Crippen LogP contribution in [-0.4, -0.2) is 46.1 Å². The Kier molecular flexibility index (Phi) is 740. The fraction of sp³-hybridized carbons (Fsp3) is 0.